The van der Waals surface area contributed by atoms with E-state index in [1.165, 1.54) is 24.0 Å². The fourth-order valence-electron chi connectivity index (χ4n) is 2.22. The molecule has 0 bridgehead atoms. The maximum absolute atomic E-state index is 5.90. The molecular formula is C13H17N. The summed E-state index contributed by atoms with van der Waals surface area (Å²) in [6.07, 6.45) is 5.44. The first-order valence-electron chi connectivity index (χ1n) is 5.27. The van der Waals surface area contributed by atoms with Gasteiger partial charge in [0, 0.05) is 6.04 Å². The van der Waals surface area contributed by atoms with Crippen LogP contribution in [0.4, 0.5) is 0 Å². The van der Waals surface area contributed by atoms with Crippen LogP contribution in [0, 0.1) is 0 Å². The van der Waals surface area contributed by atoms with Gasteiger partial charge in [0.1, 0.15) is 0 Å². The number of nitrogens with two attached hydrogens (primary N) is 1. The van der Waals surface area contributed by atoms with E-state index in [0.29, 0.717) is 12.0 Å². The van der Waals surface area contributed by atoms with E-state index in [4.69, 9.17) is 5.73 Å². The molecule has 1 saturated carbocycles. The van der Waals surface area contributed by atoms with E-state index < -0.39 is 0 Å². The lowest BCUT2D eigenvalue weighted by molar-refractivity contribution is 0.675. The zero-order valence-corrected chi connectivity index (χ0v) is 8.45. The molecule has 2 N–H and O–H groups in total. The SMILES string of the molecule is C=Cc1ccc([C@H]2CC[C@@H](N)C2)cc1. The summed E-state index contributed by atoms with van der Waals surface area (Å²) in [4.78, 5) is 0. The largest absolute Gasteiger partial charge is 0.328 e. The highest BCUT2D eigenvalue weighted by atomic mass is 14.6. The van der Waals surface area contributed by atoms with Crippen molar-refractivity contribution in [3.8, 4) is 0 Å². The fourth-order valence-corrected chi connectivity index (χ4v) is 2.22. The van der Waals surface area contributed by atoms with Crippen molar-refractivity contribution in [1.82, 2.24) is 0 Å². The highest BCUT2D eigenvalue weighted by molar-refractivity contribution is 5.47. The van der Waals surface area contributed by atoms with Gasteiger partial charge in [-0.1, -0.05) is 36.9 Å². The van der Waals surface area contributed by atoms with Gasteiger partial charge in [0.25, 0.3) is 0 Å². The van der Waals surface area contributed by atoms with Crippen LogP contribution >= 0.6 is 0 Å². The van der Waals surface area contributed by atoms with Gasteiger partial charge in [-0.25, -0.2) is 0 Å². The molecule has 0 heterocycles. The van der Waals surface area contributed by atoms with Crippen LogP contribution in [0.5, 0.6) is 0 Å². The first-order valence-corrected chi connectivity index (χ1v) is 5.27. The van der Waals surface area contributed by atoms with Crippen molar-refractivity contribution in [2.24, 2.45) is 5.73 Å². The predicted octanol–water partition coefficient (Wildman–Crippen LogP) is 2.92. The van der Waals surface area contributed by atoms with E-state index in [-0.39, 0.29) is 0 Å². The van der Waals surface area contributed by atoms with Gasteiger partial charge in [-0.3, -0.25) is 0 Å². The van der Waals surface area contributed by atoms with Crippen molar-refractivity contribution in [1.29, 1.82) is 0 Å². The van der Waals surface area contributed by atoms with Gasteiger partial charge < -0.3 is 5.73 Å². The molecule has 1 aromatic carbocycles. The molecule has 1 aliphatic rings. The topological polar surface area (TPSA) is 26.0 Å². The normalized spacial score (nSPS) is 26.4. The smallest absolute Gasteiger partial charge is 0.00448 e. The highest BCUT2D eigenvalue weighted by Gasteiger charge is 2.22. The number of rotatable bonds is 2. The van der Waals surface area contributed by atoms with Crippen molar-refractivity contribution in [3.05, 3.63) is 42.0 Å². The number of benzene rings is 1. The quantitative estimate of drug-likeness (QED) is 0.757. The van der Waals surface area contributed by atoms with Crippen molar-refractivity contribution in [2.75, 3.05) is 0 Å². The van der Waals surface area contributed by atoms with Gasteiger partial charge in [0.2, 0.25) is 0 Å². The molecule has 0 aliphatic heterocycles. The van der Waals surface area contributed by atoms with Crippen LogP contribution in [-0.4, -0.2) is 6.04 Å². The highest BCUT2D eigenvalue weighted by Crippen LogP contribution is 2.33. The third-order valence-corrected chi connectivity index (χ3v) is 3.12. The lowest BCUT2D eigenvalue weighted by Gasteiger charge is -2.09. The molecule has 0 amide bonds. The second kappa shape index (κ2) is 3.97. The zero-order chi connectivity index (χ0) is 9.97. The van der Waals surface area contributed by atoms with Crippen LogP contribution in [0.15, 0.2) is 30.8 Å². The van der Waals surface area contributed by atoms with E-state index in [2.05, 4.69) is 30.8 Å². The summed E-state index contributed by atoms with van der Waals surface area (Å²) in [5.74, 6) is 0.684. The van der Waals surface area contributed by atoms with Crippen molar-refractivity contribution in [3.63, 3.8) is 0 Å². The number of hydrogen-bond acceptors (Lipinski definition) is 1. The molecule has 2 atom stereocenters. The van der Waals surface area contributed by atoms with E-state index in [1.54, 1.807) is 0 Å². The Morgan fingerprint density at radius 3 is 2.43 bits per heavy atom. The summed E-state index contributed by atoms with van der Waals surface area (Å²) in [5, 5.41) is 0. The Morgan fingerprint density at radius 2 is 1.93 bits per heavy atom. The van der Waals surface area contributed by atoms with Gasteiger partial charge in [-0.2, -0.15) is 0 Å². The number of hydrogen-bond donors (Lipinski definition) is 1. The van der Waals surface area contributed by atoms with E-state index in [0.717, 1.165) is 6.42 Å². The first kappa shape index (κ1) is 9.47. The van der Waals surface area contributed by atoms with Gasteiger partial charge in [-0.05, 0) is 36.3 Å². The van der Waals surface area contributed by atoms with E-state index >= 15 is 0 Å². The molecule has 14 heavy (non-hydrogen) atoms. The minimum absolute atomic E-state index is 0.416. The van der Waals surface area contributed by atoms with Crippen LogP contribution in [0.25, 0.3) is 6.08 Å². The average Bonchev–Trinajstić information content (AvgIpc) is 2.65. The molecule has 1 aliphatic carbocycles. The molecule has 1 fully saturated rings. The van der Waals surface area contributed by atoms with Crippen molar-refractivity contribution < 1.29 is 0 Å². The Morgan fingerprint density at radius 1 is 1.21 bits per heavy atom. The van der Waals surface area contributed by atoms with Crippen molar-refractivity contribution in [2.45, 2.75) is 31.2 Å². The molecule has 0 saturated heterocycles. The lowest BCUT2D eigenvalue weighted by Crippen LogP contribution is -2.14. The summed E-state index contributed by atoms with van der Waals surface area (Å²) in [6.45, 7) is 3.75. The van der Waals surface area contributed by atoms with Crippen LogP contribution < -0.4 is 5.73 Å². The molecule has 0 aromatic heterocycles. The minimum atomic E-state index is 0.416. The molecule has 0 spiro atoms. The minimum Gasteiger partial charge on any atom is -0.328 e. The molecular weight excluding hydrogens is 170 g/mol. The predicted molar refractivity (Wildman–Crippen MR) is 61.1 cm³/mol. The molecule has 74 valence electrons. The van der Waals surface area contributed by atoms with Gasteiger partial charge in [0.05, 0.1) is 0 Å². The van der Waals surface area contributed by atoms with E-state index in [1.807, 2.05) is 6.08 Å². The molecule has 0 radical (unpaired) electrons. The first-order chi connectivity index (χ1) is 6.79. The van der Waals surface area contributed by atoms with Crippen LogP contribution in [0.1, 0.15) is 36.3 Å². The maximum atomic E-state index is 5.90. The second-order valence-corrected chi connectivity index (χ2v) is 4.14. The van der Waals surface area contributed by atoms with E-state index in [9.17, 15) is 0 Å². The van der Waals surface area contributed by atoms with Crippen molar-refractivity contribution >= 4 is 6.08 Å². The Bertz CT molecular complexity index is 313. The fraction of sp³-hybridized carbons (Fsp3) is 0.385. The third-order valence-electron chi connectivity index (χ3n) is 3.12. The molecule has 1 heteroatoms. The zero-order valence-electron chi connectivity index (χ0n) is 8.45. The summed E-state index contributed by atoms with van der Waals surface area (Å²) in [6, 6.07) is 9.09. The Labute approximate surface area is 85.6 Å². The summed E-state index contributed by atoms with van der Waals surface area (Å²) >= 11 is 0. The molecule has 1 nitrogen and oxygen atoms in total. The maximum Gasteiger partial charge on any atom is 0.00448 e. The Balaban J connectivity index is 2.13. The Hall–Kier alpha value is -1.08. The van der Waals surface area contributed by atoms with Gasteiger partial charge in [0.15, 0.2) is 0 Å². The molecule has 1 aromatic rings. The van der Waals surface area contributed by atoms with Gasteiger partial charge >= 0.3 is 0 Å². The summed E-state index contributed by atoms with van der Waals surface area (Å²) < 4.78 is 0. The Kier molecular flexibility index (Phi) is 2.69. The molecule has 0 unspecified atom stereocenters. The average molecular weight is 187 g/mol. The summed E-state index contributed by atoms with van der Waals surface area (Å²) in [5.41, 5.74) is 8.53. The molecule has 2 rings (SSSR count). The monoisotopic (exact) mass is 187 g/mol. The van der Waals surface area contributed by atoms with Crippen LogP contribution in [0.3, 0.4) is 0 Å². The lowest BCUT2D eigenvalue weighted by atomic mass is 9.96. The second-order valence-electron chi connectivity index (χ2n) is 4.14. The van der Waals surface area contributed by atoms with Gasteiger partial charge in [-0.15, -0.1) is 0 Å². The van der Waals surface area contributed by atoms with Crippen LogP contribution in [-0.2, 0) is 0 Å². The summed E-state index contributed by atoms with van der Waals surface area (Å²) in [7, 11) is 0. The van der Waals surface area contributed by atoms with Crippen LogP contribution in [0.2, 0.25) is 0 Å². The standard InChI is InChI=1S/C13H17N/c1-2-10-3-5-11(6-4-10)12-7-8-13(14)9-12/h2-6,12-13H,1,7-9,14H2/t12-,13+/m0/s1. The third kappa shape index (κ3) is 1.88.